The number of hydrogen-bond donors (Lipinski definition) is 1. The van der Waals surface area contributed by atoms with E-state index in [1.165, 1.54) is 0 Å². The first-order valence-corrected chi connectivity index (χ1v) is 8.83. The second-order valence-electron chi connectivity index (χ2n) is 5.65. The lowest BCUT2D eigenvalue weighted by atomic mass is 9.91. The molecular formula is C13H27NO4S. The molecular weight excluding hydrogens is 266 g/mol. The molecule has 1 aliphatic rings. The van der Waals surface area contributed by atoms with Gasteiger partial charge in [0.1, 0.15) is 9.84 Å². The molecule has 0 saturated carbocycles. The van der Waals surface area contributed by atoms with Crippen molar-refractivity contribution in [1.82, 2.24) is 4.90 Å². The summed E-state index contributed by atoms with van der Waals surface area (Å²) in [6.45, 7) is 8.70. The standard InChI is InChI=1S/C13H27NO4S/c1-4-19(16,17)11-5-6-12(15)13(2,3)14-7-9-18-10-8-14/h12,15H,4-11H2,1-3H3. The van der Waals surface area contributed by atoms with Crippen LogP contribution in [0.25, 0.3) is 0 Å². The molecule has 1 saturated heterocycles. The van der Waals surface area contributed by atoms with Crippen molar-refractivity contribution >= 4 is 9.84 Å². The van der Waals surface area contributed by atoms with Gasteiger partial charge in [-0.05, 0) is 26.7 Å². The van der Waals surface area contributed by atoms with Gasteiger partial charge in [0.05, 0.1) is 25.1 Å². The molecule has 19 heavy (non-hydrogen) atoms. The fraction of sp³-hybridized carbons (Fsp3) is 1.00. The molecule has 0 radical (unpaired) electrons. The largest absolute Gasteiger partial charge is 0.391 e. The molecule has 1 aliphatic heterocycles. The highest BCUT2D eigenvalue weighted by atomic mass is 32.2. The van der Waals surface area contributed by atoms with Crippen molar-refractivity contribution in [2.24, 2.45) is 0 Å². The Morgan fingerprint density at radius 2 is 1.89 bits per heavy atom. The average molecular weight is 293 g/mol. The topological polar surface area (TPSA) is 66.8 Å². The van der Waals surface area contributed by atoms with Crippen molar-refractivity contribution in [3.8, 4) is 0 Å². The molecule has 1 unspecified atom stereocenters. The molecule has 0 bridgehead atoms. The Kier molecular flexibility index (Phi) is 6.23. The van der Waals surface area contributed by atoms with Gasteiger partial charge in [0.2, 0.25) is 0 Å². The van der Waals surface area contributed by atoms with Gasteiger partial charge in [0.25, 0.3) is 0 Å². The maximum atomic E-state index is 11.4. The fourth-order valence-corrected chi connectivity index (χ4v) is 3.24. The lowest BCUT2D eigenvalue weighted by Gasteiger charge is -2.43. The third-order valence-corrected chi connectivity index (χ3v) is 5.80. The van der Waals surface area contributed by atoms with E-state index in [4.69, 9.17) is 4.74 Å². The minimum absolute atomic E-state index is 0.166. The maximum Gasteiger partial charge on any atom is 0.150 e. The normalized spacial score (nSPS) is 20.4. The smallest absolute Gasteiger partial charge is 0.150 e. The molecule has 0 aromatic carbocycles. The lowest BCUT2D eigenvalue weighted by molar-refractivity contribution is -0.0638. The van der Waals surface area contributed by atoms with Crippen LogP contribution in [0.5, 0.6) is 0 Å². The number of hydrogen-bond acceptors (Lipinski definition) is 5. The van der Waals surface area contributed by atoms with Crippen LogP contribution in [0.15, 0.2) is 0 Å². The SMILES string of the molecule is CCS(=O)(=O)CCCC(O)C(C)(C)N1CCOCC1. The Labute approximate surface area is 116 Å². The molecule has 0 aromatic rings. The zero-order valence-corrected chi connectivity index (χ0v) is 13.1. The summed E-state index contributed by atoms with van der Waals surface area (Å²) in [6, 6.07) is 0. The van der Waals surface area contributed by atoms with E-state index in [-0.39, 0.29) is 17.0 Å². The summed E-state index contributed by atoms with van der Waals surface area (Å²) < 4.78 is 28.2. The summed E-state index contributed by atoms with van der Waals surface area (Å²) >= 11 is 0. The molecule has 1 heterocycles. The first-order valence-electron chi connectivity index (χ1n) is 7.01. The second-order valence-corrected chi connectivity index (χ2v) is 8.12. The molecule has 0 aliphatic carbocycles. The zero-order chi connectivity index (χ0) is 14.5. The Morgan fingerprint density at radius 1 is 1.32 bits per heavy atom. The van der Waals surface area contributed by atoms with Gasteiger partial charge in [-0.25, -0.2) is 8.42 Å². The highest BCUT2D eigenvalue weighted by Crippen LogP contribution is 2.23. The predicted octanol–water partition coefficient (Wildman–Crippen LogP) is 0.673. The van der Waals surface area contributed by atoms with Gasteiger partial charge in [0.15, 0.2) is 0 Å². The van der Waals surface area contributed by atoms with Gasteiger partial charge in [-0.2, -0.15) is 0 Å². The summed E-state index contributed by atoms with van der Waals surface area (Å²) in [4.78, 5) is 2.22. The Hall–Kier alpha value is -0.170. The van der Waals surface area contributed by atoms with Gasteiger partial charge < -0.3 is 9.84 Å². The van der Waals surface area contributed by atoms with Crippen LogP contribution in [0.3, 0.4) is 0 Å². The molecule has 1 N–H and O–H groups in total. The summed E-state index contributed by atoms with van der Waals surface area (Å²) in [5.74, 6) is 0.343. The first kappa shape index (κ1) is 16.9. The van der Waals surface area contributed by atoms with E-state index < -0.39 is 15.9 Å². The highest BCUT2D eigenvalue weighted by molar-refractivity contribution is 7.91. The first-order chi connectivity index (χ1) is 8.79. The third kappa shape index (κ3) is 5.02. The second kappa shape index (κ2) is 7.02. The van der Waals surface area contributed by atoms with Crippen molar-refractivity contribution in [3.05, 3.63) is 0 Å². The van der Waals surface area contributed by atoms with Crippen LogP contribution in [0.2, 0.25) is 0 Å². The van der Waals surface area contributed by atoms with Crippen LogP contribution in [0, 0.1) is 0 Å². The van der Waals surface area contributed by atoms with Crippen molar-refractivity contribution in [2.75, 3.05) is 37.8 Å². The van der Waals surface area contributed by atoms with Crippen molar-refractivity contribution in [2.45, 2.75) is 45.3 Å². The molecule has 0 amide bonds. The number of aliphatic hydroxyl groups excluding tert-OH is 1. The van der Waals surface area contributed by atoms with Crippen molar-refractivity contribution in [3.63, 3.8) is 0 Å². The molecule has 0 spiro atoms. The van der Waals surface area contributed by atoms with E-state index in [1.54, 1.807) is 6.92 Å². The van der Waals surface area contributed by atoms with Gasteiger partial charge in [0, 0.05) is 24.4 Å². The zero-order valence-electron chi connectivity index (χ0n) is 12.3. The van der Waals surface area contributed by atoms with Crippen LogP contribution >= 0.6 is 0 Å². The Bertz CT molecular complexity index is 361. The summed E-state index contributed by atoms with van der Waals surface area (Å²) in [5.41, 5.74) is -0.334. The third-order valence-electron chi connectivity index (χ3n) is 4.01. The molecule has 1 rings (SSSR count). The minimum atomic E-state index is -2.93. The highest BCUT2D eigenvalue weighted by Gasteiger charge is 2.34. The monoisotopic (exact) mass is 293 g/mol. The molecule has 1 atom stereocenters. The van der Waals surface area contributed by atoms with Crippen LogP contribution in [0.1, 0.15) is 33.6 Å². The lowest BCUT2D eigenvalue weighted by Crippen LogP contribution is -2.56. The van der Waals surface area contributed by atoms with E-state index in [0.717, 1.165) is 13.1 Å². The Morgan fingerprint density at radius 3 is 2.42 bits per heavy atom. The number of rotatable bonds is 7. The maximum absolute atomic E-state index is 11.4. The van der Waals surface area contributed by atoms with E-state index in [2.05, 4.69) is 4.90 Å². The molecule has 5 nitrogen and oxygen atoms in total. The van der Waals surface area contributed by atoms with Crippen LogP contribution < -0.4 is 0 Å². The number of ether oxygens (including phenoxy) is 1. The van der Waals surface area contributed by atoms with Crippen molar-refractivity contribution < 1.29 is 18.3 Å². The number of nitrogens with zero attached hydrogens (tertiary/aromatic N) is 1. The average Bonchev–Trinajstić information content (AvgIpc) is 2.39. The van der Waals surface area contributed by atoms with Crippen molar-refractivity contribution in [1.29, 1.82) is 0 Å². The van der Waals surface area contributed by atoms with E-state index in [0.29, 0.717) is 26.1 Å². The van der Waals surface area contributed by atoms with E-state index in [1.807, 2.05) is 13.8 Å². The molecule has 1 fully saturated rings. The van der Waals surface area contributed by atoms with Gasteiger partial charge in [-0.15, -0.1) is 0 Å². The van der Waals surface area contributed by atoms with E-state index >= 15 is 0 Å². The van der Waals surface area contributed by atoms with Crippen LogP contribution in [-0.2, 0) is 14.6 Å². The fourth-order valence-electron chi connectivity index (χ4n) is 2.34. The van der Waals surface area contributed by atoms with Gasteiger partial charge in [-0.3, -0.25) is 4.90 Å². The number of sulfone groups is 1. The quantitative estimate of drug-likeness (QED) is 0.747. The van der Waals surface area contributed by atoms with Gasteiger partial charge >= 0.3 is 0 Å². The van der Waals surface area contributed by atoms with Gasteiger partial charge in [-0.1, -0.05) is 6.92 Å². The molecule has 0 aromatic heterocycles. The van der Waals surface area contributed by atoms with Crippen LogP contribution in [-0.4, -0.2) is 67.9 Å². The predicted molar refractivity (Wildman–Crippen MR) is 76.0 cm³/mol. The minimum Gasteiger partial charge on any atom is -0.391 e. The Balaban J connectivity index is 2.44. The van der Waals surface area contributed by atoms with Crippen LogP contribution in [0.4, 0.5) is 0 Å². The number of morpholine rings is 1. The molecule has 6 heteroatoms. The summed E-state index contributed by atoms with van der Waals surface area (Å²) in [6.07, 6.45) is 0.520. The summed E-state index contributed by atoms with van der Waals surface area (Å²) in [5, 5.41) is 10.3. The molecule has 114 valence electrons. The number of aliphatic hydroxyl groups is 1. The summed E-state index contributed by atoms with van der Waals surface area (Å²) in [7, 11) is -2.93. The van der Waals surface area contributed by atoms with E-state index in [9.17, 15) is 13.5 Å².